The zero-order valence-corrected chi connectivity index (χ0v) is 17.4. The van der Waals surface area contributed by atoms with Crippen molar-refractivity contribution in [3.63, 3.8) is 0 Å². The lowest BCUT2D eigenvalue weighted by Crippen LogP contribution is -2.34. The van der Waals surface area contributed by atoms with Crippen LogP contribution >= 0.6 is 0 Å². The zero-order valence-electron chi connectivity index (χ0n) is 17.4. The highest BCUT2D eigenvalue weighted by Crippen LogP contribution is 2.23. The molecule has 0 aliphatic rings. The Morgan fingerprint density at radius 3 is 2.52 bits per heavy atom. The predicted molar refractivity (Wildman–Crippen MR) is 117 cm³/mol. The number of hydrogen-bond donors (Lipinski definition) is 2. The first-order valence-electron chi connectivity index (χ1n) is 9.83. The summed E-state index contributed by atoms with van der Waals surface area (Å²) in [6.07, 6.45) is 0. The molecule has 0 aliphatic carbocycles. The molecule has 2 N–H and O–H groups in total. The second-order valence-electron chi connectivity index (χ2n) is 6.93. The maximum Gasteiger partial charge on any atom is 0.325 e. The molecule has 0 saturated heterocycles. The van der Waals surface area contributed by atoms with Crippen molar-refractivity contribution in [2.45, 2.75) is 13.0 Å². The number of hydrogen-bond acceptors (Lipinski definition) is 5. The van der Waals surface area contributed by atoms with Gasteiger partial charge in [-0.1, -0.05) is 48.5 Å². The van der Waals surface area contributed by atoms with E-state index in [0.717, 1.165) is 16.3 Å². The molecule has 0 heterocycles. The average molecular weight is 420 g/mol. The Kier molecular flexibility index (Phi) is 7.22. The van der Waals surface area contributed by atoms with E-state index in [1.807, 2.05) is 49.4 Å². The Morgan fingerprint density at radius 2 is 1.71 bits per heavy atom. The van der Waals surface area contributed by atoms with E-state index >= 15 is 0 Å². The number of nitrogens with one attached hydrogen (secondary N) is 2. The van der Waals surface area contributed by atoms with Crippen molar-refractivity contribution in [1.29, 1.82) is 0 Å². The molecule has 0 saturated carbocycles. The molecular formula is C24H24N2O5. The minimum Gasteiger partial charge on any atom is -0.497 e. The van der Waals surface area contributed by atoms with Gasteiger partial charge in [-0.25, -0.2) is 0 Å². The lowest BCUT2D eigenvalue weighted by Gasteiger charge is -2.16. The summed E-state index contributed by atoms with van der Waals surface area (Å²) in [5, 5.41) is 7.42. The van der Waals surface area contributed by atoms with Crippen LogP contribution in [0.5, 0.6) is 5.75 Å². The molecule has 7 nitrogen and oxygen atoms in total. The Morgan fingerprint density at radius 1 is 0.968 bits per heavy atom. The van der Waals surface area contributed by atoms with Crippen molar-refractivity contribution >= 4 is 28.6 Å². The van der Waals surface area contributed by atoms with E-state index in [4.69, 9.17) is 9.47 Å². The van der Waals surface area contributed by atoms with Crippen molar-refractivity contribution in [2.75, 3.05) is 20.3 Å². The molecule has 3 rings (SSSR count). The van der Waals surface area contributed by atoms with Crippen LogP contribution in [0.4, 0.5) is 0 Å². The number of carbonyl (C=O) groups excluding carboxylic acids is 3. The summed E-state index contributed by atoms with van der Waals surface area (Å²) >= 11 is 0. The van der Waals surface area contributed by atoms with Gasteiger partial charge in [0.1, 0.15) is 12.3 Å². The van der Waals surface area contributed by atoms with Crippen LogP contribution in [0.25, 0.3) is 10.8 Å². The van der Waals surface area contributed by atoms with Crippen LogP contribution in [0.1, 0.15) is 28.9 Å². The average Bonchev–Trinajstić information content (AvgIpc) is 2.80. The third kappa shape index (κ3) is 5.82. The highest BCUT2D eigenvalue weighted by Gasteiger charge is 2.15. The molecule has 0 bridgehead atoms. The summed E-state index contributed by atoms with van der Waals surface area (Å²) in [4.78, 5) is 36.2. The van der Waals surface area contributed by atoms with Gasteiger partial charge in [0, 0.05) is 5.56 Å². The molecular weight excluding hydrogens is 396 g/mol. The summed E-state index contributed by atoms with van der Waals surface area (Å²) in [7, 11) is 1.50. The molecule has 7 heteroatoms. The lowest BCUT2D eigenvalue weighted by molar-refractivity contribution is -0.147. The van der Waals surface area contributed by atoms with Crippen molar-refractivity contribution in [3.8, 4) is 5.75 Å². The Bertz CT molecular complexity index is 1090. The fourth-order valence-corrected chi connectivity index (χ4v) is 3.20. The van der Waals surface area contributed by atoms with Gasteiger partial charge in [0.15, 0.2) is 6.61 Å². The highest BCUT2D eigenvalue weighted by molar-refractivity contribution is 5.96. The van der Waals surface area contributed by atoms with Gasteiger partial charge < -0.3 is 20.1 Å². The van der Waals surface area contributed by atoms with Gasteiger partial charge in [-0.3, -0.25) is 14.4 Å². The maximum absolute atomic E-state index is 12.2. The number of ether oxygens (including phenoxy) is 2. The standard InChI is InChI=1S/C24H24N2O5/c1-16(20-12-6-8-17-7-3-4-11-21(17)20)26-22(27)15-31-23(28)14-25-24(29)18-9-5-10-19(13-18)30-2/h3-13,16H,14-15H2,1-2H3,(H,25,29)(H,26,27)/t16-/m1/s1. The van der Waals surface area contributed by atoms with Crippen molar-refractivity contribution < 1.29 is 23.9 Å². The molecule has 31 heavy (non-hydrogen) atoms. The normalized spacial score (nSPS) is 11.4. The quantitative estimate of drug-likeness (QED) is 0.547. The van der Waals surface area contributed by atoms with Gasteiger partial charge in [-0.2, -0.15) is 0 Å². The SMILES string of the molecule is COc1cccc(C(=O)NCC(=O)OCC(=O)N[C@H](C)c2cccc3ccccc23)c1. The number of fused-ring (bicyclic) bond motifs is 1. The third-order valence-corrected chi connectivity index (χ3v) is 4.76. The second kappa shape index (κ2) is 10.2. The minimum absolute atomic E-state index is 0.259. The molecule has 0 aliphatic heterocycles. The molecule has 0 fully saturated rings. The largest absolute Gasteiger partial charge is 0.497 e. The summed E-state index contributed by atoms with van der Waals surface area (Å²) in [5.41, 5.74) is 1.33. The van der Waals surface area contributed by atoms with Gasteiger partial charge in [-0.05, 0) is 41.5 Å². The molecule has 2 amide bonds. The number of benzene rings is 3. The second-order valence-corrected chi connectivity index (χ2v) is 6.93. The molecule has 0 unspecified atom stereocenters. The maximum atomic E-state index is 12.2. The summed E-state index contributed by atoms with van der Waals surface area (Å²) in [6, 6.07) is 20.1. The van der Waals surface area contributed by atoms with Gasteiger partial charge in [0.2, 0.25) is 0 Å². The molecule has 160 valence electrons. The molecule has 3 aromatic carbocycles. The molecule has 0 spiro atoms. The summed E-state index contributed by atoms with van der Waals surface area (Å²) in [6.45, 7) is 1.10. The fourth-order valence-electron chi connectivity index (χ4n) is 3.20. The van der Waals surface area contributed by atoms with Crippen LogP contribution in [0, 0.1) is 0 Å². The van der Waals surface area contributed by atoms with Crippen LogP contribution in [-0.2, 0) is 14.3 Å². The summed E-state index contributed by atoms with van der Waals surface area (Å²) < 4.78 is 10.0. The van der Waals surface area contributed by atoms with E-state index in [1.165, 1.54) is 7.11 Å². The smallest absolute Gasteiger partial charge is 0.325 e. The van der Waals surface area contributed by atoms with Crippen molar-refractivity contribution in [1.82, 2.24) is 10.6 Å². The lowest BCUT2D eigenvalue weighted by atomic mass is 10.00. The van der Waals surface area contributed by atoms with E-state index in [0.29, 0.717) is 11.3 Å². The topological polar surface area (TPSA) is 93.7 Å². The van der Waals surface area contributed by atoms with Gasteiger partial charge in [-0.15, -0.1) is 0 Å². The third-order valence-electron chi connectivity index (χ3n) is 4.76. The summed E-state index contributed by atoms with van der Waals surface area (Å²) in [5.74, 6) is -1.03. The molecule has 0 radical (unpaired) electrons. The first-order chi connectivity index (χ1) is 15.0. The van der Waals surface area contributed by atoms with E-state index in [1.54, 1.807) is 24.3 Å². The number of carbonyl (C=O) groups is 3. The first kappa shape index (κ1) is 21.8. The zero-order chi connectivity index (χ0) is 22.2. The Balaban J connectivity index is 1.46. The first-order valence-corrected chi connectivity index (χ1v) is 9.83. The van der Waals surface area contributed by atoms with Crippen LogP contribution < -0.4 is 15.4 Å². The van der Waals surface area contributed by atoms with Gasteiger partial charge in [0.25, 0.3) is 11.8 Å². The number of rotatable bonds is 8. The minimum atomic E-state index is -0.704. The van der Waals surface area contributed by atoms with Crippen molar-refractivity contribution in [3.05, 3.63) is 77.9 Å². The number of amides is 2. The molecule has 1 atom stereocenters. The van der Waals surface area contributed by atoms with E-state index in [2.05, 4.69) is 10.6 Å². The van der Waals surface area contributed by atoms with E-state index in [-0.39, 0.29) is 12.6 Å². The fraction of sp³-hybridized carbons (Fsp3) is 0.208. The van der Waals surface area contributed by atoms with E-state index in [9.17, 15) is 14.4 Å². The van der Waals surface area contributed by atoms with Crippen LogP contribution in [-0.4, -0.2) is 38.0 Å². The molecule has 3 aromatic rings. The van der Waals surface area contributed by atoms with E-state index < -0.39 is 24.4 Å². The van der Waals surface area contributed by atoms with Crippen molar-refractivity contribution in [2.24, 2.45) is 0 Å². The Hall–Kier alpha value is -3.87. The van der Waals surface area contributed by atoms with Crippen LogP contribution in [0.3, 0.4) is 0 Å². The number of esters is 1. The Labute approximate surface area is 180 Å². The monoisotopic (exact) mass is 420 g/mol. The van der Waals surface area contributed by atoms with Crippen LogP contribution in [0.15, 0.2) is 66.7 Å². The van der Waals surface area contributed by atoms with Gasteiger partial charge in [0.05, 0.1) is 13.2 Å². The van der Waals surface area contributed by atoms with Crippen LogP contribution in [0.2, 0.25) is 0 Å². The number of methoxy groups -OCH3 is 1. The highest BCUT2D eigenvalue weighted by atomic mass is 16.5. The molecule has 0 aromatic heterocycles. The van der Waals surface area contributed by atoms with Gasteiger partial charge >= 0.3 is 5.97 Å². The predicted octanol–water partition coefficient (Wildman–Crippen LogP) is 3.00.